The summed E-state index contributed by atoms with van der Waals surface area (Å²) in [4.78, 5) is 3.46. The lowest BCUT2D eigenvalue weighted by Gasteiger charge is -2.23. The zero-order valence-electron chi connectivity index (χ0n) is 13.9. The van der Waals surface area contributed by atoms with Gasteiger partial charge in [-0.2, -0.15) is 0 Å². The van der Waals surface area contributed by atoms with E-state index in [0.29, 0.717) is 13.2 Å². The number of hydrogen-bond acceptors (Lipinski definition) is 4. The quantitative estimate of drug-likeness (QED) is 0.710. The Kier molecular flexibility index (Phi) is 6.84. The number of benzene rings is 1. The van der Waals surface area contributed by atoms with Crippen molar-refractivity contribution < 1.29 is 9.84 Å². The molecule has 23 heavy (non-hydrogen) atoms. The highest BCUT2D eigenvalue weighted by Gasteiger charge is 2.13. The molecule has 1 aromatic heterocycles. The summed E-state index contributed by atoms with van der Waals surface area (Å²) in [5.41, 5.74) is 2.25. The minimum absolute atomic E-state index is 0.294. The first-order valence-electron chi connectivity index (χ1n) is 7.82. The van der Waals surface area contributed by atoms with Crippen LogP contribution < -0.4 is 4.74 Å². The Labute approximate surface area is 142 Å². The number of hydrogen-bond donors (Lipinski definition) is 1. The molecule has 0 aliphatic rings. The van der Waals surface area contributed by atoms with Crippen LogP contribution in [0.3, 0.4) is 0 Å². The lowest BCUT2D eigenvalue weighted by molar-refractivity contribution is 0.0697. The first-order chi connectivity index (χ1) is 11.1. The number of rotatable bonds is 9. The molecule has 1 aromatic carbocycles. The van der Waals surface area contributed by atoms with E-state index in [9.17, 15) is 5.11 Å². The van der Waals surface area contributed by atoms with E-state index in [2.05, 4.69) is 29.0 Å². The molecule has 0 amide bonds. The lowest BCUT2D eigenvalue weighted by atomic mass is 10.1. The molecule has 0 saturated heterocycles. The van der Waals surface area contributed by atoms with Crippen molar-refractivity contribution in [1.82, 2.24) is 4.90 Å². The maximum Gasteiger partial charge on any atom is 0.122 e. The zero-order chi connectivity index (χ0) is 16.7. The first-order valence-corrected chi connectivity index (χ1v) is 8.70. The Morgan fingerprint density at radius 1 is 1.35 bits per heavy atom. The van der Waals surface area contributed by atoms with Crippen LogP contribution in [-0.2, 0) is 6.54 Å². The van der Waals surface area contributed by atoms with E-state index < -0.39 is 6.10 Å². The molecule has 0 spiro atoms. The van der Waals surface area contributed by atoms with Gasteiger partial charge >= 0.3 is 0 Å². The molecule has 1 N–H and O–H groups in total. The van der Waals surface area contributed by atoms with Gasteiger partial charge < -0.3 is 9.84 Å². The van der Waals surface area contributed by atoms with Gasteiger partial charge in [0.15, 0.2) is 0 Å². The standard InChI is InChI=1S/C19H25NO2S/c1-4-9-20(13-18-6-5-10-23-18)12-17(21)14-22-19-11-15(2)7-8-16(19)3/h4-8,10-11,17,21H,1,9,12-14H2,2-3H3. The number of aliphatic hydroxyl groups excluding tert-OH is 1. The van der Waals surface area contributed by atoms with Gasteiger partial charge in [0.25, 0.3) is 0 Å². The normalized spacial score (nSPS) is 12.3. The van der Waals surface area contributed by atoms with Gasteiger partial charge in [0, 0.05) is 24.5 Å². The van der Waals surface area contributed by atoms with Crippen LogP contribution in [0.4, 0.5) is 0 Å². The summed E-state index contributed by atoms with van der Waals surface area (Å²) in [7, 11) is 0. The SMILES string of the molecule is C=CCN(Cc1cccs1)CC(O)COc1cc(C)ccc1C. The van der Waals surface area contributed by atoms with Crippen molar-refractivity contribution in [2.24, 2.45) is 0 Å². The molecule has 0 bridgehead atoms. The second kappa shape index (κ2) is 8.87. The van der Waals surface area contributed by atoms with Gasteiger partial charge in [-0.3, -0.25) is 4.90 Å². The van der Waals surface area contributed by atoms with Crippen LogP contribution in [0.1, 0.15) is 16.0 Å². The fourth-order valence-electron chi connectivity index (χ4n) is 2.41. The van der Waals surface area contributed by atoms with Crippen LogP contribution in [0.25, 0.3) is 0 Å². The molecule has 0 saturated carbocycles. The molecule has 1 unspecified atom stereocenters. The maximum atomic E-state index is 10.3. The highest BCUT2D eigenvalue weighted by atomic mass is 32.1. The van der Waals surface area contributed by atoms with Crippen molar-refractivity contribution in [2.75, 3.05) is 19.7 Å². The van der Waals surface area contributed by atoms with Gasteiger partial charge in [-0.05, 0) is 42.5 Å². The Balaban J connectivity index is 1.87. The summed E-state index contributed by atoms with van der Waals surface area (Å²) in [6, 6.07) is 10.3. The summed E-state index contributed by atoms with van der Waals surface area (Å²) in [5.74, 6) is 0.845. The summed E-state index contributed by atoms with van der Waals surface area (Å²) >= 11 is 1.73. The average molecular weight is 331 g/mol. The molecule has 0 radical (unpaired) electrons. The summed E-state index contributed by atoms with van der Waals surface area (Å²) in [6.45, 7) is 10.3. The van der Waals surface area contributed by atoms with Crippen LogP contribution in [0.2, 0.25) is 0 Å². The minimum Gasteiger partial charge on any atom is -0.491 e. The molecule has 4 heteroatoms. The van der Waals surface area contributed by atoms with E-state index in [4.69, 9.17) is 4.74 Å². The van der Waals surface area contributed by atoms with Gasteiger partial charge in [0.2, 0.25) is 0 Å². The number of ether oxygens (including phenoxy) is 1. The van der Waals surface area contributed by atoms with E-state index in [1.807, 2.05) is 38.1 Å². The van der Waals surface area contributed by atoms with Gasteiger partial charge in [-0.1, -0.05) is 24.3 Å². The molecule has 3 nitrogen and oxygen atoms in total. The lowest BCUT2D eigenvalue weighted by Crippen LogP contribution is -2.35. The second-order valence-electron chi connectivity index (χ2n) is 5.80. The Morgan fingerprint density at radius 2 is 2.17 bits per heavy atom. The third-order valence-electron chi connectivity index (χ3n) is 3.59. The van der Waals surface area contributed by atoms with Crippen molar-refractivity contribution in [3.63, 3.8) is 0 Å². The van der Waals surface area contributed by atoms with Crippen molar-refractivity contribution in [3.05, 3.63) is 64.4 Å². The van der Waals surface area contributed by atoms with Gasteiger partial charge in [0.1, 0.15) is 18.5 Å². The van der Waals surface area contributed by atoms with E-state index >= 15 is 0 Å². The number of nitrogens with zero attached hydrogens (tertiary/aromatic N) is 1. The van der Waals surface area contributed by atoms with E-state index in [-0.39, 0.29) is 0 Å². The van der Waals surface area contributed by atoms with Crippen LogP contribution in [0.15, 0.2) is 48.4 Å². The van der Waals surface area contributed by atoms with E-state index in [0.717, 1.165) is 30.0 Å². The third kappa shape index (κ3) is 5.82. The largest absolute Gasteiger partial charge is 0.491 e. The maximum absolute atomic E-state index is 10.3. The van der Waals surface area contributed by atoms with E-state index in [1.165, 1.54) is 4.88 Å². The highest BCUT2D eigenvalue weighted by molar-refractivity contribution is 7.09. The monoisotopic (exact) mass is 331 g/mol. The molecule has 2 aromatic rings. The molecule has 0 fully saturated rings. The van der Waals surface area contributed by atoms with Crippen LogP contribution in [-0.4, -0.2) is 35.8 Å². The number of aryl methyl sites for hydroxylation is 2. The summed E-state index contributed by atoms with van der Waals surface area (Å²) in [5, 5.41) is 12.4. The first kappa shape index (κ1) is 17.7. The fraction of sp³-hybridized carbons (Fsp3) is 0.368. The van der Waals surface area contributed by atoms with Gasteiger partial charge in [-0.25, -0.2) is 0 Å². The molecular formula is C19H25NO2S. The van der Waals surface area contributed by atoms with Crippen molar-refractivity contribution in [1.29, 1.82) is 0 Å². The third-order valence-corrected chi connectivity index (χ3v) is 4.45. The molecule has 1 atom stereocenters. The van der Waals surface area contributed by atoms with Crippen molar-refractivity contribution >= 4 is 11.3 Å². The van der Waals surface area contributed by atoms with Crippen molar-refractivity contribution in [3.8, 4) is 5.75 Å². The minimum atomic E-state index is -0.533. The Morgan fingerprint density at radius 3 is 2.87 bits per heavy atom. The topological polar surface area (TPSA) is 32.7 Å². The number of aliphatic hydroxyl groups is 1. The molecule has 1 heterocycles. The summed E-state index contributed by atoms with van der Waals surface area (Å²) < 4.78 is 5.79. The molecule has 124 valence electrons. The average Bonchev–Trinajstić information content (AvgIpc) is 3.01. The smallest absolute Gasteiger partial charge is 0.122 e. The number of thiophene rings is 1. The van der Waals surface area contributed by atoms with Crippen LogP contribution in [0.5, 0.6) is 5.75 Å². The predicted octanol–water partition coefficient (Wildman–Crippen LogP) is 3.79. The molecule has 2 rings (SSSR count). The van der Waals surface area contributed by atoms with Gasteiger partial charge in [-0.15, -0.1) is 17.9 Å². The molecule has 0 aliphatic heterocycles. The van der Waals surface area contributed by atoms with Crippen LogP contribution in [0, 0.1) is 13.8 Å². The highest BCUT2D eigenvalue weighted by Crippen LogP contribution is 2.19. The molecular weight excluding hydrogens is 306 g/mol. The Bertz CT molecular complexity index is 610. The van der Waals surface area contributed by atoms with Crippen LogP contribution >= 0.6 is 11.3 Å². The fourth-order valence-corrected chi connectivity index (χ4v) is 3.15. The summed E-state index contributed by atoms with van der Waals surface area (Å²) in [6.07, 6.45) is 1.33. The second-order valence-corrected chi connectivity index (χ2v) is 6.83. The van der Waals surface area contributed by atoms with E-state index in [1.54, 1.807) is 11.3 Å². The van der Waals surface area contributed by atoms with Crippen molar-refractivity contribution in [2.45, 2.75) is 26.5 Å². The van der Waals surface area contributed by atoms with Gasteiger partial charge in [0.05, 0.1) is 0 Å². The predicted molar refractivity (Wildman–Crippen MR) is 97.2 cm³/mol. The molecule has 0 aliphatic carbocycles. The zero-order valence-corrected chi connectivity index (χ0v) is 14.7. The Hall–Kier alpha value is -1.62.